The summed E-state index contributed by atoms with van der Waals surface area (Å²) < 4.78 is 18.8. The van der Waals surface area contributed by atoms with Gasteiger partial charge < -0.3 is 4.74 Å². The minimum absolute atomic E-state index is 0.313. The first-order valence-corrected chi connectivity index (χ1v) is 6.34. The molecule has 0 N–H and O–H groups in total. The van der Waals surface area contributed by atoms with Gasteiger partial charge in [-0.2, -0.15) is 0 Å². The van der Waals surface area contributed by atoms with Gasteiger partial charge in [-0.05, 0) is 42.8 Å². The maximum atomic E-state index is 13.2. The molecule has 0 saturated heterocycles. The molecule has 2 aromatic rings. The zero-order valence-electron chi connectivity index (χ0n) is 11.2. The molecule has 0 fully saturated rings. The number of carbonyl (C=O) groups is 1. The molecule has 0 aliphatic rings. The monoisotopic (exact) mass is 270 g/mol. The Kier molecular flexibility index (Phi) is 4.66. The average molecular weight is 270 g/mol. The normalized spacial score (nSPS) is 11.2. The van der Waals surface area contributed by atoms with Gasteiger partial charge in [-0.1, -0.05) is 30.3 Å². The van der Waals surface area contributed by atoms with Gasteiger partial charge in [0.1, 0.15) is 12.4 Å². The molecule has 102 valence electrons. The molecule has 0 atom stereocenters. The van der Waals surface area contributed by atoms with Gasteiger partial charge in [0.2, 0.25) is 5.78 Å². The van der Waals surface area contributed by atoms with E-state index in [-0.39, 0.29) is 0 Å². The van der Waals surface area contributed by atoms with Gasteiger partial charge in [0, 0.05) is 5.56 Å². The fourth-order valence-corrected chi connectivity index (χ4v) is 1.71. The first-order chi connectivity index (χ1) is 9.70. The van der Waals surface area contributed by atoms with E-state index in [1.807, 2.05) is 30.3 Å². The predicted molar refractivity (Wildman–Crippen MR) is 76.4 cm³/mol. The highest BCUT2D eigenvalue weighted by Crippen LogP contribution is 2.16. The summed E-state index contributed by atoms with van der Waals surface area (Å²) >= 11 is 0. The minimum atomic E-state index is -0.747. The van der Waals surface area contributed by atoms with Crippen LogP contribution in [0.1, 0.15) is 22.8 Å². The Morgan fingerprint density at radius 2 is 1.75 bits per heavy atom. The molecule has 0 aliphatic heterocycles. The van der Waals surface area contributed by atoms with E-state index in [4.69, 9.17) is 4.74 Å². The van der Waals surface area contributed by atoms with Crippen molar-refractivity contribution in [1.82, 2.24) is 0 Å². The summed E-state index contributed by atoms with van der Waals surface area (Å²) in [6.07, 6.45) is 1.15. The van der Waals surface area contributed by atoms with Crippen LogP contribution in [0.15, 0.2) is 66.5 Å². The summed E-state index contributed by atoms with van der Waals surface area (Å²) in [5, 5.41) is 0. The number of Topliss-reactive ketones (excluding diaryl/α,β-unsaturated/α-hetero) is 1. The van der Waals surface area contributed by atoms with Crippen molar-refractivity contribution in [3.05, 3.63) is 77.6 Å². The van der Waals surface area contributed by atoms with E-state index < -0.39 is 11.6 Å². The van der Waals surface area contributed by atoms with Crippen LogP contribution in [0.5, 0.6) is 5.75 Å². The molecule has 0 aliphatic carbocycles. The van der Waals surface area contributed by atoms with E-state index >= 15 is 0 Å². The Morgan fingerprint density at radius 3 is 2.35 bits per heavy atom. The van der Waals surface area contributed by atoms with Gasteiger partial charge in [0.25, 0.3) is 0 Å². The van der Waals surface area contributed by atoms with E-state index in [0.717, 1.165) is 11.6 Å². The van der Waals surface area contributed by atoms with Crippen LogP contribution < -0.4 is 4.74 Å². The van der Waals surface area contributed by atoms with Crippen LogP contribution >= 0.6 is 0 Å². The number of hydrogen-bond donors (Lipinski definition) is 0. The molecule has 2 rings (SSSR count). The standard InChI is InChI=1S/C17H15FO2/c1-2-16(18)17(19)14-8-10-15(11-9-14)20-12-13-6-4-3-5-7-13/h2-11H,12H2,1H3. The maximum Gasteiger partial charge on any atom is 0.220 e. The molecule has 0 aromatic heterocycles. The van der Waals surface area contributed by atoms with E-state index in [9.17, 15) is 9.18 Å². The lowest BCUT2D eigenvalue weighted by molar-refractivity contribution is 0.100. The fourth-order valence-electron chi connectivity index (χ4n) is 1.71. The summed E-state index contributed by atoms with van der Waals surface area (Å²) in [5.41, 5.74) is 1.38. The lowest BCUT2D eigenvalue weighted by atomic mass is 10.1. The maximum absolute atomic E-state index is 13.2. The summed E-state index contributed by atoms with van der Waals surface area (Å²) in [6.45, 7) is 1.95. The van der Waals surface area contributed by atoms with E-state index in [0.29, 0.717) is 17.9 Å². The van der Waals surface area contributed by atoms with Crippen LogP contribution in [0.2, 0.25) is 0 Å². The second-order valence-electron chi connectivity index (χ2n) is 4.26. The van der Waals surface area contributed by atoms with Crippen LogP contribution in [0, 0.1) is 0 Å². The van der Waals surface area contributed by atoms with Gasteiger partial charge in [-0.15, -0.1) is 0 Å². The van der Waals surface area contributed by atoms with Gasteiger partial charge in [0.15, 0.2) is 5.83 Å². The van der Waals surface area contributed by atoms with Crippen LogP contribution in [-0.2, 0) is 6.61 Å². The summed E-state index contributed by atoms with van der Waals surface area (Å²) in [5.74, 6) is -0.712. The Hall–Kier alpha value is -2.42. The molecule has 3 heteroatoms. The van der Waals surface area contributed by atoms with E-state index in [2.05, 4.69) is 0 Å². The Morgan fingerprint density at radius 1 is 1.10 bits per heavy atom. The molecule has 20 heavy (non-hydrogen) atoms. The number of ketones is 1. The Bertz CT molecular complexity index is 601. The quantitative estimate of drug-likeness (QED) is 0.597. The van der Waals surface area contributed by atoms with Crippen molar-refractivity contribution in [2.24, 2.45) is 0 Å². The van der Waals surface area contributed by atoms with Crippen LogP contribution in [-0.4, -0.2) is 5.78 Å². The zero-order valence-corrected chi connectivity index (χ0v) is 11.2. The molecule has 0 bridgehead atoms. The van der Waals surface area contributed by atoms with Crippen molar-refractivity contribution < 1.29 is 13.9 Å². The predicted octanol–water partition coefficient (Wildman–Crippen LogP) is 4.32. The van der Waals surface area contributed by atoms with Crippen molar-refractivity contribution in [1.29, 1.82) is 0 Å². The topological polar surface area (TPSA) is 26.3 Å². The number of allylic oxidation sites excluding steroid dienone is 2. The smallest absolute Gasteiger partial charge is 0.220 e. The van der Waals surface area contributed by atoms with Gasteiger partial charge in [-0.25, -0.2) is 4.39 Å². The van der Waals surface area contributed by atoms with E-state index in [1.165, 1.54) is 6.92 Å². The first kappa shape index (κ1) is 14.0. The molecule has 0 radical (unpaired) electrons. The van der Waals surface area contributed by atoms with Crippen LogP contribution in [0.3, 0.4) is 0 Å². The van der Waals surface area contributed by atoms with Crippen LogP contribution in [0.25, 0.3) is 0 Å². The van der Waals surface area contributed by atoms with Gasteiger partial charge in [0.05, 0.1) is 0 Å². The molecule has 0 amide bonds. The molecule has 0 unspecified atom stereocenters. The number of rotatable bonds is 5. The molecule has 2 nitrogen and oxygen atoms in total. The summed E-state index contributed by atoms with van der Waals surface area (Å²) in [6, 6.07) is 16.2. The summed E-state index contributed by atoms with van der Waals surface area (Å²) in [4.78, 5) is 11.6. The Balaban J connectivity index is 2.00. The third-order valence-electron chi connectivity index (χ3n) is 2.84. The summed E-state index contributed by atoms with van der Waals surface area (Å²) in [7, 11) is 0. The van der Waals surface area contributed by atoms with Gasteiger partial charge >= 0.3 is 0 Å². The molecule has 2 aromatic carbocycles. The van der Waals surface area contributed by atoms with E-state index in [1.54, 1.807) is 24.3 Å². The highest BCUT2D eigenvalue weighted by molar-refractivity contribution is 6.07. The zero-order chi connectivity index (χ0) is 14.4. The first-order valence-electron chi connectivity index (χ1n) is 6.34. The van der Waals surface area contributed by atoms with Crippen molar-refractivity contribution in [2.75, 3.05) is 0 Å². The highest BCUT2D eigenvalue weighted by Gasteiger charge is 2.10. The second kappa shape index (κ2) is 6.66. The van der Waals surface area contributed by atoms with Crippen molar-refractivity contribution in [3.8, 4) is 5.75 Å². The van der Waals surface area contributed by atoms with Crippen molar-refractivity contribution in [2.45, 2.75) is 13.5 Å². The molecule has 0 saturated carbocycles. The number of carbonyl (C=O) groups excluding carboxylic acids is 1. The average Bonchev–Trinajstić information content (AvgIpc) is 2.53. The molecular weight excluding hydrogens is 255 g/mol. The fraction of sp³-hybridized carbons (Fsp3) is 0.118. The minimum Gasteiger partial charge on any atom is -0.489 e. The number of hydrogen-bond acceptors (Lipinski definition) is 2. The molecule has 0 spiro atoms. The second-order valence-corrected chi connectivity index (χ2v) is 4.26. The van der Waals surface area contributed by atoms with Crippen molar-refractivity contribution >= 4 is 5.78 Å². The number of ether oxygens (including phenoxy) is 1. The largest absolute Gasteiger partial charge is 0.489 e. The highest BCUT2D eigenvalue weighted by atomic mass is 19.1. The van der Waals surface area contributed by atoms with Gasteiger partial charge in [-0.3, -0.25) is 4.79 Å². The SMILES string of the molecule is CC=C(F)C(=O)c1ccc(OCc2ccccc2)cc1. The number of benzene rings is 2. The lowest BCUT2D eigenvalue weighted by Crippen LogP contribution is -2.00. The lowest BCUT2D eigenvalue weighted by Gasteiger charge is -2.06. The third-order valence-corrected chi connectivity index (χ3v) is 2.84. The van der Waals surface area contributed by atoms with Crippen LogP contribution in [0.4, 0.5) is 4.39 Å². The van der Waals surface area contributed by atoms with Crippen molar-refractivity contribution in [3.63, 3.8) is 0 Å². The third kappa shape index (κ3) is 3.54. The molecular formula is C17H15FO2. The molecule has 0 heterocycles. The number of halogens is 1. The Labute approximate surface area is 117 Å².